The molecule has 0 bridgehead atoms. The Kier molecular flexibility index (Phi) is 7.77. The van der Waals surface area contributed by atoms with E-state index in [-0.39, 0.29) is 0 Å². The molecule has 0 unspecified atom stereocenters. The first kappa shape index (κ1) is 20.8. The molecule has 0 N–H and O–H groups in total. The Hall–Kier alpha value is 4.08. The van der Waals surface area contributed by atoms with E-state index in [9.17, 15) is 0 Å². The molecule has 0 spiro atoms. The third-order valence-electron chi connectivity index (χ3n) is 3.19. The Labute approximate surface area is 237 Å². The second-order valence-corrected chi connectivity index (χ2v) is 13.0. The molecule has 1 heterocycles. The van der Waals surface area contributed by atoms with Crippen LogP contribution in [-0.4, -0.2) is 0 Å². The summed E-state index contributed by atoms with van der Waals surface area (Å²) < 4.78 is 16.8. The van der Waals surface area contributed by atoms with E-state index >= 15 is 0 Å². The van der Waals surface area contributed by atoms with Crippen LogP contribution in [0.15, 0.2) is 0 Å². The van der Waals surface area contributed by atoms with Crippen LogP contribution in [0.2, 0.25) is 0 Å². The van der Waals surface area contributed by atoms with Crippen LogP contribution in [0.3, 0.4) is 0 Å². The topological polar surface area (TPSA) is 9.23 Å². The minimum atomic E-state index is 0.951. The minimum Gasteiger partial charge on any atom is -0.454 e. The van der Waals surface area contributed by atoms with Crippen molar-refractivity contribution in [3.8, 4) is 11.5 Å². The van der Waals surface area contributed by atoms with Crippen LogP contribution in [0.4, 0.5) is 0 Å². The molecule has 116 valence electrons. The van der Waals surface area contributed by atoms with Crippen LogP contribution in [-0.2, 0) is 6.42 Å². The first-order valence-corrected chi connectivity index (χ1v) is 14.3. The van der Waals surface area contributed by atoms with Crippen molar-refractivity contribution in [2.24, 2.45) is 0 Å². The number of rotatable bonds is 0. The van der Waals surface area contributed by atoms with Gasteiger partial charge in [0.25, 0.3) is 0 Å². The number of halogens is 8. The molecule has 0 fully saturated rings. The Morgan fingerprint density at radius 3 is 1.14 bits per heavy atom. The van der Waals surface area contributed by atoms with Crippen LogP contribution in [0.1, 0.15) is 11.1 Å². The smallest absolute Gasteiger partial charge is 0.146 e. The monoisotopic (exact) mass is 1190 g/mol. The zero-order valence-corrected chi connectivity index (χ0v) is 27.4. The summed E-state index contributed by atoms with van der Waals surface area (Å²) in [4.78, 5) is 0. The fourth-order valence-electron chi connectivity index (χ4n) is 2.12. The fourth-order valence-corrected chi connectivity index (χ4v) is 9.23. The van der Waals surface area contributed by atoms with Crippen molar-refractivity contribution in [2.45, 2.75) is 6.42 Å². The standard InChI is InChI=1S/C13H2I8O/c14-4-2-1-3-5(15)7(17)9(19)11(21)13(3)22-12(2)10(20)8(18)6(4)16/h1H2. The van der Waals surface area contributed by atoms with Gasteiger partial charge in [-0.1, -0.05) is 0 Å². The highest BCUT2D eigenvalue weighted by Gasteiger charge is 2.30. The highest BCUT2D eigenvalue weighted by Crippen LogP contribution is 2.49. The molecule has 1 aliphatic rings. The maximum absolute atomic E-state index is 6.43. The molecular weight excluding hydrogens is 1190 g/mol. The lowest BCUT2D eigenvalue weighted by Gasteiger charge is -2.27. The van der Waals surface area contributed by atoms with E-state index in [4.69, 9.17) is 4.74 Å². The Balaban J connectivity index is 2.32. The van der Waals surface area contributed by atoms with E-state index in [2.05, 4.69) is 181 Å². The van der Waals surface area contributed by atoms with Crippen molar-refractivity contribution in [3.05, 3.63) is 39.7 Å². The van der Waals surface area contributed by atoms with E-state index in [0.717, 1.165) is 17.9 Å². The summed E-state index contributed by atoms with van der Waals surface area (Å²) in [6, 6.07) is 0. The van der Waals surface area contributed by atoms with Gasteiger partial charge in [0, 0.05) is 39.0 Å². The van der Waals surface area contributed by atoms with Gasteiger partial charge < -0.3 is 4.74 Å². The second kappa shape index (κ2) is 8.21. The van der Waals surface area contributed by atoms with Crippen LogP contribution in [0.25, 0.3) is 0 Å². The zero-order valence-electron chi connectivity index (χ0n) is 10.1. The van der Waals surface area contributed by atoms with E-state index in [0.29, 0.717) is 0 Å². The molecule has 0 aromatic heterocycles. The third kappa shape index (κ3) is 3.55. The second-order valence-electron chi connectivity index (χ2n) is 4.41. The summed E-state index contributed by atoms with van der Waals surface area (Å²) >= 11 is 19.5. The molecule has 0 saturated carbocycles. The lowest BCUT2D eigenvalue weighted by Crippen LogP contribution is -2.13. The Bertz CT molecular complexity index is 695. The van der Waals surface area contributed by atoms with Gasteiger partial charge in [0.2, 0.25) is 0 Å². The SMILES string of the molecule is Ic1c(I)c(I)c2c(c1I)Cc1c(I)c(I)c(I)c(I)c1O2. The van der Waals surface area contributed by atoms with Gasteiger partial charge in [-0.25, -0.2) is 0 Å². The third-order valence-corrected chi connectivity index (χ3v) is 18.1. The molecule has 3 rings (SSSR count). The molecule has 1 aliphatic heterocycles. The highest BCUT2D eigenvalue weighted by atomic mass is 127. The summed E-state index contributed by atoms with van der Waals surface area (Å²) in [5.41, 5.74) is 2.65. The van der Waals surface area contributed by atoms with Gasteiger partial charge in [-0.2, -0.15) is 0 Å². The van der Waals surface area contributed by atoms with E-state index < -0.39 is 0 Å². The lowest BCUT2D eigenvalue weighted by molar-refractivity contribution is 0.450. The summed E-state index contributed by atoms with van der Waals surface area (Å²) in [5.74, 6) is 2.10. The zero-order chi connectivity index (χ0) is 16.3. The van der Waals surface area contributed by atoms with Gasteiger partial charge >= 0.3 is 0 Å². The Morgan fingerprint density at radius 1 is 0.455 bits per heavy atom. The predicted molar refractivity (Wildman–Crippen MR) is 158 cm³/mol. The molecule has 2 aromatic rings. The van der Waals surface area contributed by atoms with Crippen molar-refractivity contribution in [1.29, 1.82) is 0 Å². The quantitative estimate of drug-likeness (QED) is 0.125. The normalized spacial score (nSPS) is 12.7. The summed E-state index contributed by atoms with van der Waals surface area (Å²) in [6.45, 7) is 0. The van der Waals surface area contributed by atoms with Crippen molar-refractivity contribution in [2.75, 3.05) is 0 Å². The maximum atomic E-state index is 6.43. The minimum absolute atomic E-state index is 0.951. The molecule has 0 amide bonds. The van der Waals surface area contributed by atoms with E-state index in [1.807, 2.05) is 0 Å². The van der Waals surface area contributed by atoms with Gasteiger partial charge in [-0.15, -0.1) is 0 Å². The molecule has 0 radical (unpaired) electrons. The number of ether oxygens (including phenoxy) is 1. The molecule has 22 heavy (non-hydrogen) atoms. The fraction of sp³-hybridized carbons (Fsp3) is 0.0769. The first-order chi connectivity index (χ1) is 10.3. The van der Waals surface area contributed by atoms with Crippen LogP contribution in [0.5, 0.6) is 11.5 Å². The predicted octanol–water partition coefficient (Wildman–Crippen LogP) is 8.22. The molecule has 0 saturated heterocycles. The van der Waals surface area contributed by atoms with E-state index in [1.54, 1.807) is 0 Å². The number of hydrogen-bond acceptors (Lipinski definition) is 1. The van der Waals surface area contributed by atoms with Crippen molar-refractivity contribution < 1.29 is 4.74 Å². The summed E-state index contributed by atoms with van der Waals surface area (Å²) in [6.07, 6.45) is 0.951. The number of fused-ring (bicyclic) bond motifs is 2. The maximum Gasteiger partial charge on any atom is 0.146 e. The number of hydrogen-bond donors (Lipinski definition) is 0. The van der Waals surface area contributed by atoms with Gasteiger partial charge in [-0.3, -0.25) is 0 Å². The molecule has 9 heteroatoms. The van der Waals surface area contributed by atoms with Crippen LogP contribution in [0, 0.1) is 28.6 Å². The summed E-state index contributed by atoms with van der Waals surface area (Å²) in [7, 11) is 0. The van der Waals surface area contributed by atoms with Gasteiger partial charge in [0.05, 0.1) is 7.14 Å². The summed E-state index contributed by atoms with van der Waals surface area (Å²) in [5, 5.41) is 0. The van der Waals surface area contributed by atoms with Crippen molar-refractivity contribution in [3.63, 3.8) is 0 Å². The van der Waals surface area contributed by atoms with Crippen LogP contribution >= 0.6 is 181 Å². The van der Waals surface area contributed by atoms with E-state index in [1.165, 1.54) is 39.7 Å². The number of benzene rings is 2. The first-order valence-electron chi connectivity index (χ1n) is 5.63. The van der Waals surface area contributed by atoms with Gasteiger partial charge in [-0.05, 0) is 181 Å². The van der Waals surface area contributed by atoms with Crippen molar-refractivity contribution >= 4 is 181 Å². The molecule has 0 aliphatic carbocycles. The molecule has 0 atom stereocenters. The Morgan fingerprint density at radius 2 is 0.773 bits per heavy atom. The van der Waals surface area contributed by atoms with Gasteiger partial charge in [0.1, 0.15) is 11.5 Å². The van der Waals surface area contributed by atoms with Gasteiger partial charge in [0.15, 0.2) is 0 Å². The highest BCUT2D eigenvalue weighted by molar-refractivity contribution is 14.1. The average Bonchev–Trinajstić information content (AvgIpc) is 2.52. The van der Waals surface area contributed by atoms with Crippen molar-refractivity contribution in [1.82, 2.24) is 0 Å². The average molecular weight is 1190 g/mol. The largest absolute Gasteiger partial charge is 0.454 e. The lowest BCUT2D eigenvalue weighted by atomic mass is 10.0. The molecule has 1 nitrogen and oxygen atoms in total. The molecular formula is C13H2I8O. The van der Waals surface area contributed by atoms with Crippen LogP contribution < -0.4 is 4.74 Å². The molecule has 2 aromatic carbocycles.